The second-order valence-electron chi connectivity index (χ2n) is 2.13. The maximum atomic E-state index is 11.5. The highest BCUT2D eigenvalue weighted by molar-refractivity contribution is 4.56. The summed E-state index contributed by atoms with van der Waals surface area (Å²) in [6.07, 6.45) is 2.24. The Hall–Kier alpha value is -0.110. The number of halogens is 1. The Morgan fingerprint density at radius 1 is 1.44 bits per heavy atom. The van der Waals surface area contributed by atoms with Gasteiger partial charge < -0.3 is 5.11 Å². The van der Waals surface area contributed by atoms with E-state index in [1.165, 1.54) is 0 Å². The molecule has 0 saturated heterocycles. The first kappa shape index (κ1) is 8.89. The van der Waals surface area contributed by atoms with Crippen molar-refractivity contribution in [3.8, 4) is 0 Å². The predicted molar refractivity (Wildman–Crippen MR) is 35.8 cm³/mol. The quantitative estimate of drug-likeness (QED) is 0.566. The first-order valence-electron chi connectivity index (χ1n) is 3.34. The van der Waals surface area contributed by atoms with Crippen molar-refractivity contribution in [1.29, 1.82) is 0 Å². The Labute approximate surface area is 55.9 Å². The Balaban J connectivity index is 2.88. The molecule has 0 heterocycles. The minimum absolute atomic E-state index is 0.274. The van der Waals surface area contributed by atoms with E-state index in [9.17, 15) is 4.39 Å². The van der Waals surface area contributed by atoms with E-state index in [2.05, 4.69) is 6.92 Å². The van der Waals surface area contributed by atoms with E-state index in [0.717, 1.165) is 6.42 Å². The van der Waals surface area contributed by atoms with E-state index >= 15 is 0 Å². The summed E-state index contributed by atoms with van der Waals surface area (Å²) in [6, 6.07) is 0. The zero-order chi connectivity index (χ0) is 7.11. The molecule has 0 amide bonds. The van der Waals surface area contributed by atoms with E-state index in [4.69, 9.17) is 5.11 Å². The molecule has 0 bridgehead atoms. The molecule has 0 aromatic heterocycles. The molecule has 0 aliphatic heterocycles. The van der Waals surface area contributed by atoms with Crippen molar-refractivity contribution >= 4 is 0 Å². The third-order valence-corrected chi connectivity index (χ3v) is 1.25. The van der Waals surface area contributed by atoms with Gasteiger partial charge in [-0.25, -0.2) is 0 Å². The van der Waals surface area contributed by atoms with E-state index in [-0.39, 0.29) is 12.8 Å². The first-order valence-corrected chi connectivity index (χ1v) is 3.34. The van der Waals surface area contributed by atoms with Gasteiger partial charge in [-0.2, -0.15) is 0 Å². The van der Waals surface area contributed by atoms with Crippen molar-refractivity contribution in [2.45, 2.75) is 31.8 Å². The molecule has 1 N–H and O–H groups in total. The van der Waals surface area contributed by atoms with Crippen LogP contribution in [-0.2, 0) is 0 Å². The lowest BCUT2D eigenvalue weighted by Crippen LogP contribution is -2.03. The summed E-state index contributed by atoms with van der Waals surface area (Å²) in [5, 5.41) is 8.90. The fourth-order valence-corrected chi connectivity index (χ4v) is 0.619. The monoisotopic (exact) mass is 133 g/mol. The van der Waals surface area contributed by atoms with Gasteiger partial charge in [-0.1, -0.05) is 6.92 Å². The molecule has 0 aromatic carbocycles. The summed E-state index contributed by atoms with van der Waals surface area (Å²) in [4.78, 5) is 0. The van der Waals surface area contributed by atoms with Gasteiger partial charge in [-0.3, -0.25) is 4.39 Å². The maximum Gasteiger partial charge on any atom is 0.0894 e. The normalized spacial score (nSPS) is 13.7. The SMILES string of the molecule is [CH2]CC(O)CCCCF. The van der Waals surface area contributed by atoms with Gasteiger partial charge in [0, 0.05) is 0 Å². The summed E-state index contributed by atoms with van der Waals surface area (Å²) in [7, 11) is 0. The van der Waals surface area contributed by atoms with Crippen LogP contribution >= 0.6 is 0 Å². The molecule has 0 fully saturated rings. The van der Waals surface area contributed by atoms with E-state index < -0.39 is 0 Å². The lowest BCUT2D eigenvalue weighted by atomic mass is 10.1. The molecule has 0 aromatic rings. The van der Waals surface area contributed by atoms with Crippen LogP contribution in [0.2, 0.25) is 0 Å². The largest absolute Gasteiger partial charge is 0.393 e. The number of aliphatic hydroxyl groups excluding tert-OH is 1. The number of hydrogen-bond acceptors (Lipinski definition) is 1. The van der Waals surface area contributed by atoms with Crippen molar-refractivity contribution in [3.63, 3.8) is 0 Å². The lowest BCUT2D eigenvalue weighted by Gasteiger charge is -2.04. The van der Waals surface area contributed by atoms with Gasteiger partial charge >= 0.3 is 0 Å². The van der Waals surface area contributed by atoms with E-state index in [1.54, 1.807) is 0 Å². The smallest absolute Gasteiger partial charge is 0.0894 e. The lowest BCUT2D eigenvalue weighted by molar-refractivity contribution is 0.162. The summed E-state index contributed by atoms with van der Waals surface area (Å²) in [6.45, 7) is 3.25. The number of rotatable bonds is 5. The molecule has 1 radical (unpaired) electrons. The molecule has 0 aliphatic carbocycles. The first-order chi connectivity index (χ1) is 4.31. The Kier molecular flexibility index (Phi) is 5.94. The fraction of sp³-hybridized carbons (Fsp3) is 0.857. The Bertz CT molecular complexity index is 56.9. The third kappa shape index (κ3) is 5.77. The van der Waals surface area contributed by atoms with Crippen molar-refractivity contribution in [2.24, 2.45) is 0 Å². The minimum atomic E-state index is -0.323. The van der Waals surface area contributed by atoms with Gasteiger partial charge in [0.25, 0.3) is 0 Å². The summed E-state index contributed by atoms with van der Waals surface area (Å²) in [5.74, 6) is 0. The second-order valence-corrected chi connectivity index (χ2v) is 2.13. The average Bonchev–Trinajstić information content (AvgIpc) is 1.89. The van der Waals surface area contributed by atoms with Crippen LogP contribution in [0.1, 0.15) is 25.7 Å². The van der Waals surface area contributed by atoms with Gasteiger partial charge in [0.1, 0.15) is 0 Å². The fourth-order valence-electron chi connectivity index (χ4n) is 0.619. The summed E-state index contributed by atoms with van der Waals surface area (Å²) in [5.41, 5.74) is 0. The zero-order valence-electron chi connectivity index (χ0n) is 5.65. The molecule has 1 unspecified atom stereocenters. The van der Waals surface area contributed by atoms with Gasteiger partial charge in [0.15, 0.2) is 0 Å². The van der Waals surface area contributed by atoms with Crippen molar-refractivity contribution in [3.05, 3.63) is 6.92 Å². The number of hydrogen-bond donors (Lipinski definition) is 1. The maximum absolute atomic E-state index is 11.5. The van der Waals surface area contributed by atoms with E-state index in [1.807, 2.05) is 0 Å². The van der Waals surface area contributed by atoms with Crippen LogP contribution < -0.4 is 0 Å². The Morgan fingerprint density at radius 2 is 2.11 bits per heavy atom. The third-order valence-electron chi connectivity index (χ3n) is 1.25. The molecule has 0 saturated carbocycles. The highest BCUT2D eigenvalue weighted by atomic mass is 19.1. The molecule has 1 nitrogen and oxygen atoms in total. The van der Waals surface area contributed by atoms with Gasteiger partial charge in [0.05, 0.1) is 12.8 Å². The topological polar surface area (TPSA) is 20.2 Å². The van der Waals surface area contributed by atoms with Crippen molar-refractivity contribution in [1.82, 2.24) is 0 Å². The second kappa shape index (κ2) is 6.02. The number of alkyl halides is 1. The van der Waals surface area contributed by atoms with E-state index in [0.29, 0.717) is 19.3 Å². The van der Waals surface area contributed by atoms with Gasteiger partial charge in [-0.15, -0.1) is 0 Å². The average molecular weight is 133 g/mol. The van der Waals surface area contributed by atoms with Crippen LogP contribution in [0.25, 0.3) is 0 Å². The van der Waals surface area contributed by atoms with Crippen molar-refractivity contribution in [2.75, 3.05) is 6.67 Å². The molecular weight excluding hydrogens is 119 g/mol. The molecule has 2 heteroatoms. The molecule has 0 rings (SSSR count). The van der Waals surface area contributed by atoms with Crippen molar-refractivity contribution < 1.29 is 9.50 Å². The van der Waals surface area contributed by atoms with Crippen LogP contribution in [-0.4, -0.2) is 17.9 Å². The molecule has 0 aliphatic rings. The highest BCUT2D eigenvalue weighted by Gasteiger charge is 1.98. The molecular formula is C7H14FO. The molecule has 1 atom stereocenters. The molecule has 55 valence electrons. The summed E-state index contributed by atoms with van der Waals surface area (Å²) < 4.78 is 11.5. The highest BCUT2D eigenvalue weighted by Crippen LogP contribution is 2.02. The van der Waals surface area contributed by atoms with Crippen LogP contribution in [0, 0.1) is 6.92 Å². The Morgan fingerprint density at radius 3 is 2.56 bits per heavy atom. The molecule has 0 spiro atoms. The standard InChI is InChI=1S/C7H14FO/c1-2-7(9)5-3-4-6-8/h7,9H,1-6H2. The summed E-state index contributed by atoms with van der Waals surface area (Å²) >= 11 is 0. The number of unbranched alkanes of at least 4 members (excludes halogenated alkanes) is 1. The van der Waals surface area contributed by atoms with Crippen LogP contribution in [0.3, 0.4) is 0 Å². The van der Waals surface area contributed by atoms with Gasteiger partial charge in [0.2, 0.25) is 0 Å². The van der Waals surface area contributed by atoms with Crippen LogP contribution in [0.15, 0.2) is 0 Å². The zero-order valence-corrected chi connectivity index (χ0v) is 5.65. The molecule has 9 heavy (non-hydrogen) atoms. The van der Waals surface area contributed by atoms with Gasteiger partial charge in [-0.05, 0) is 25.7 Å². The van der Waals surface area contributed by atoms with Crippen LogP contribution in [0.4, 0.5) is 4.39 Å². The predicted octanol–water partition coefficient (Wildman–Crippen LogP) is 1.71. The van der Waals surface area contributed by atoms with Crippen LogP contribution in [0.5, 0.6) is 0 Å². The number of aliphatic hydroxyl groups is 1. The minimum Gasteiger partial charge on any atom is -0.393 e.